The van der Waals surface area contributed by atoms with E-state index >= 15 is 0 Å². The fourth-order valence-corrected chi connectivity index (χ4v) is 1.47. The van der Waals surface area contributed by atoms with Gasteiger partial charge in [-0.3, -0.25) is 0 Å². The van der Waals surface area contributed by atoms with Gasteiger partial charge in [0.1, 0.15) is 0 Å². The van der Waals surface area contributed by atoms with E-state index in [4.69, 9.17) is 5.26 Å². The Balaban J connectivity index is 2.63. The summed E-state index contributed by atoms with van der Waals surface area (Å²) in [5.41, 5.74) is 1.17. The fourth-order valence-electron chi connectivity index (χ4n) is 1.47. The second-order valence-corrected chi connectivity index (χ2v) is 3.72. The van der Waals surface area contributed by atoms with Gasteiger partial charge >= 0.3 is 6.98 Å². The summed E-state index contributed by atoms with van der Waals surface area (Å²) in [6.45, 7) is -4.61. The summed E-state index contributed by atoms with van der Waals surface area (Å²) in [4.78, 5) is 1.19. The second kappa shape index (κ2) is 5.04. The van der Waals surface area contributed by atoms with E-state index in [1.807, 2.05) is 6.07 Å². The Hall–Kier alpha value is -1.48. The van der Waals surface area contributed by atoms with Gasteiger partial charge in [-0.25, -0.2) is 0 Å². The van der Waals surface area contributed by atoms with Crippen LogP contribution in [0.25, 0.3) is 0 Å². The number of nitrogens with zero attached hydrogens (tertiary/aromatic N) is 2. The molecule has 0 heterocycles. The smallest absolute Gasteiger partial charge is 0.448 e. The largest absolute Gasteiger partial charge is 0.492 e. The minimum Gasteiger partial charge on any atom is -0.448 e. The summed E-state index contributed by atoms with van der Waals surface area (Å²) in [6.07, 6.45) is -0.892. The third-order valence-corrected chi connectivity index (χ3v) is 2.03. The van der Waals surface area contributed by atoms with Crippen molar-refractivity contribution >= 4 is 6.98 Å². The van der Waals surface area contributed by atoms with Crippen LogP contribution < -0.4 is 0 Å². The van der Waals surface area contributed by atoms with Crippen molar-refractivity contribution in [2.75, 3.05) is 13.5 Å². The van der Waals surface area contributed by atoms with Crippen LogP contribution in [0.2, 0.25) is 0 Å². The summed E-state index contributed by atoms with van der Waals surface area (Å²) < 4.78 is 36.4. The van der Waals surface area contributed by atoms with E-state index in [2.05, 4.69) is 0 Å². The van der Waals surface area contributed by atoms with Crippen LogP contribution in [0.1, 0.15) is 11.1 Å². The highest BCUT2D eigenvalue weighted by atomic mass is 19.4. The van der Waals surface area contributed by atoms with Crippen molar-refractivity contribution in [3.63, 3.8) is 0 Å². The second-order valence-electron chi connectivity index (χ2n) is 3.72. The van der Waals surface area contributed by atoms with Crippen LogP contribution in [0, 0.1) is 11.3 Å². The highest BCUT2D eigenvalue weighted by Gasteiger charge is 2.24. The number of hydrogen-bond donors (Lipinski definition) is 0. The minimum absolute atomic E-state index is 0.191. The highest BCUT2D eigenvalue weighted by Crippen LogP contribution is 2.12. The number of halogens is 3. The quantitative estimate of drug-likeness (QED) is 0.738. The molecule has 1 rings (SSSR count). The molecule has 0 saturated heterocycles. The molecule has 6 heteroatoms. The molecular weight excluding hydrogens is 216 g/mol. The molecule has 0 unspecified atom stereocenters. The Kier molecular flexibility index (Phi) is 3.96. The zero-order chi connectivity index (χ0) is 12.2. The molecule has 0 aliphatic rings. The van der Waals surface area contributed by atoms with Gasteiger partial charge < -0.3 is 17.8 Å². The maximum Gasteiger partial charge on any atom is 0.492 e. The summed E-state index contributed by atoms with van der Waals surface area (Å²) in [5.74, 6) is 0. The topological polar surface area (TPSA) is 27.0 Å². The highest BCUT2D eigenvalue weighted by molar-refractivity contribution is 6.58. The number of benzene rings is 1. The molecule has 0 aliphatic heterocycles. The third kappa shape index (κ3) is 4.36. The summed E-state index contributed by atoms with van der Waals surface area (Å²) in [7, 11) is 1.41. The lowest BCUT2D eigenvalue weighted by atomic mass is 9.91. The molecule has 1 aromatic rings. The Morgan fingerprint density at radius 3 is 2.62 bits per heavy atom. The van der Waals surface area contributed by atoms with Crippen molar-refractivity contribution in [2.45, 2.75) is 6.54 Å². The van der Waals surface area contributed by atoms with Crippen molar-refractivity contribution in [3.05, 3.63) is 35.4 Å². The Morgan fingerprint density at radius 1 is 1.38 bits per heavy atom. The molecule has 86 valence electrons. The van der Waals surface area contributed by atoms with E-state index < -0.39 is 13.4 Å². The van der Waals surface area contributed by atoms with Crippen LogP contribution in [0.15, 0.2) is 24.3 Å². The molecule has 0 aliphatic carbocycles. The van der Waals surface area contributed by atoms with Crippen molar-refractivity contribution in [1.82, 2.24) is 4.90 Å². The number of rotatable bonds is 4. The molecule has 0 saturated carbocycles. The van der Waals surface area contributed by atoms with Crippen LogP contribution in [0.3, 0.4) is 0 Å². The average molecular weight is 227 g/mol. The molecule has 0 spiro atoms. The van der Waals surface area contributed by atoms with E-state index in [1.165, 1.54) is 11.9 Å². The molecule has 0 fully saturated rings. The lowest BCUT2D eigenvalue weighted by Crippen LogP contribution is -2.35. The molecule has 16 heavy (non-hydrogen) atoms. The maximum atomic E-state index is 12.1. The molecular formula is C10H11BF3N2-. The molecule has 0 bridgehead atoms. The average Bonchev–Trinajstić information content (AvgIpc) is 2.15. The molecule has 0 radical (unpaired) electrons. The van der Waals surface area contributed by atoms with Gasteiger partial charge in [0.05, 0.1) is 11.6 Å². The van der Waals surface area contributed by atoms with Gasteiger partial charge in [0.25, 0.3) is 0 Å². The van der Waals surface area contributed by atoms with Crippen LogP contribution >= 0.6 is 0 Å². The maximum absolute atomic E-state index is 12.1. The normalized spacial score (nSPS) is 11.5. The van der Waals surface area contributed by atoms with E-state index in [1.54, 1.807) is 24.3 Å². The molecule has 0 amide bonds. The van der Waals surface area contributed by atoms with Crippen molar-refractivity contribution < 1.29 is 12.9 Å². The molecule has 2 nitrogen and oxygen atoms in total. The molecule has 0 aromatic heterocycles. The fraction of sp³-hybridized carbons (Fsp3) is 0.300. The van der Waals surface area contributed by atoms with Gasteiger partial charge in [0, 0.05) is 6.54 Å². The summed E-state index contributed by atoms with van der Waals surface area (Å²) in [6, 6.07) is 8.55. The first-order chi connectivity index (χ1) is 7.40. The standard InChI is InChI=1S/C10H11BF3N2/c1-16(8-11(12,13)14)7-10-4-2-3-9(5-10)6-15/h2-5H,7-8H2,1H3/q-1. The Bertz CT molecular complexity index is 398. The third-order valence-electron chi connectivity index (χ3n) is 2.03. The van der Waals surface area contributed by atoms with Gasteiger partial charge in [-0.05, 0) is 31.2 Å². The van der Waals surface area contributed by atoms with E-state index in [0.29, 0.717) is 11.1 Å². The Morgan fingerprint density at radius 2 is 2.06 bits per heavy atom. The van der Waals surface area contributed by atoms with Crippen LogP contribution in [0.5, 0.6) is 0 Å². The van der Waals surface area contributed by atoms with Gasteiger partial charge in [-0.15, -0.1) is 0 Å². The molecule has 1 aromatic carbocycles. The zero-order valence-corrected chi connectivity index (χ0v) is 8.83. The van der Waals surface area contributed by atoms with Crippen molar-refractivity contribution in [2.24, 2.45) is 0 Å². The molecule has 0 atom stereocenters. The van der Waals surface area contributed by atoms with Crippen LogP contribution in [0.4, 0.5) is 12.9 Å². The van der Waals surface area contributed by atoms with E-state index in [9.17, 15) is 12.9 Å². The minimum atomic E-state index is -4.80. The monoisotopic (exact) mass is 227 g/mol. The number of hydrogen-bond acceptors (Lipinski definition) is 2. The summed E-state index contributed by atoms with van der Waals surface area (Å²) >= 11 is 0. The first kappa shape index (κ1) is 12.6. The van der Waals surface area contributed by atoms with Crippen LogP contribution in [-0.2, 0) is 6.54 Å². The SMILES string of the molecule is CN(Cc1cccc(C#N)c1)C[B-](F)(F)F. The summed E-state index contributed by atoms with van der Waals surface area (Å²) in [5, 5.41) is 8.64. The predicted molar refractivity (Wildman–Crippen MR) is 56.6 cm³/mol. The zero-order valence-electron chi connectivity index (χ0n) is 8.83. The van der Waals surface area contributed by atoms with E-state index in [-0.39, 0.29) is 6.54 Å². The lowest BCUT2D eigenvalue weighted by molar-refractivity contribution is 0.322. The number of nitriles is 1. The lowest BCUT2D eigenvalue weighted by Gasteiger charge is -2.23. The Labute approximate surface area is 92.3 Å². The van der Waals surface area contributed by atoms with Gasteiger partial charge in [0.2, 0.25) is 0 Å². The first-order valence-corrected chi connectivity index (χ1v) is 4.79. The first-order valence-electron chi connectivity index (χ1n) is 4.79. The molecule has 0 N–H and O–H groups in total. The van der Waals surface area contributed by atoms with Crippen molar-refractivity contribution in [3.8, 4) is 6.07 Å². The van der Waals surface area contributed by atoms with Crippen LogP contribution in [-0.4, -0.2) is 25.4 Å². The van der Waals surface area contributed by atoms with Gasteiger partial charge in [0.15, 0.2) is 0 Å². The van der Waals surface area contributed by atoms with E-state index in [0.717, 1.165) is 0 Å². The predicted octanol–water partition coefficient (Wildman–Crippen LogP) is 2.38. The van der Waals surface area contributed by atoms with Gasteiger partial charge in [-0.2, -0.15) is 5.26 Å². The van der Waals surface area contributed by atoms with Gasteiger partial charge in [-0.1, -0.05) is 12.1 Å². The van der Waals surface area contributed by atoms with Crippen molar-refractivity contribution in [1.29, 1.82) is 5.26 Å².